The molecule has 3 aliphatic rings. The number of urea groups is 1. The molecule has 3 amide bonds. The molecule has 2 saturated heterocycles. The summed E-state index contributed by atoms with van der Waals surface area (Å²) < 4.78 is 5.49. The van der Waals surface area contributed by atoms with Gasteiger partial charge in [0.25, 0.3) is 5.91 Å². The van der Waals surface area contributed by atoms with E-state index in [0.29, 0.717) is 26.3 Å². The van der Waals surface area contributed by atoms with Gasteiger partial charge in [0.15, 0.2) is 6.29 Å². The summed E-state index contributed by atoms with van der Waals surface area (Å²) >= 11 is 0. The number of hydrogen-bond donors (Lipinski definition) is 1. The highest BCUT2D eigenvalue weighted by Crippen LogP contribution is 2.30. The first-order chi connectivity index (χ1) is 15.0. The van der Waals surface area contributed by atoms with Crippen LogP contribution in [0.15, 0.2) is 41.5 Å². The predicted molar refractivity (Wildman–Crippen MR) is 118 cm³/mol. The number of fused-ring (bicyclic) bond motifs is 3. The van der Waals surface area contributed by atoms with Crippen molar-refractivity contribution < 1.29 is 14.3 Å². The monoisotopic (exact) mass is 426 g/mol. The van der Waals surface area contributed by atoms with E-state index in [1.165, 1.54) is 4.90 Å². The van der Waals surface area contributed by atoms with E-state index in [4.69, 9.17) is 4.74 Å². The molecule has 31 heavy (non-hydrogen) atoms. The lowest BCUT2D eigenvalue weighted by Crippen LogP contribution is -2.66. The lowest BCUT2D eigenvalue weighted by atomic mass is 10.1. The van der Waals surface area contributed by atoms with Crippen LogP contribution in [0, 0.1) is 0 Å². The number of benzene rings is 1. The molecule has 0 aliphatic carbocycles. The highest BCUT2D eigenvalue weighted by Gasteiger charge is 2.56. The Bertz CT molecular complexity index is 873. The SMILES string of the molecule is CCOCCN1N=C(C)CN2C3C(=O)N(C/C=C/c4ccccc4)C(=O)N(C)C3NC12. The minimum Gasteiger partial charge on any atom is -0.380 e. The molecule has 2 fully saturated rings. The van der Waals surface area contributed by atoms with Gasteiger partial charge in [-0.2, -0.15) is 5.10 Å². The molecule has 0 spiro atoms. The first kappa shape index (κ1) is 21.5. The largest absolute Gasteiger partial charge is 0.380 e. The number of nitrogens with zero attached hydrogens (tertiary/aromatic N) is 5. The fourth-order valence-electron chi connectivity index (χ4n) is 4.35. The topological polar surface area (TPSA) is 80.7 Å². The summed E-state index contributed by atoms with van der Waals surface area (Å²) in [5.41, 5.74) is 1.96. The number of carbonyl (C=O) groups excluding carboxylic acids is 2. The summed E-state index contributed by atoms with van der Waals surface area (Å²) in [4.78, 5) is 31.4. The van der Waals surface area contributed by atoms with Crippen molar-refractivity contribution in [3.63, 3.8) is 0 Å². The number of hydrogen-bond acceptors (Lipinski definition) is 7. The molecular weight excluding hydrogens is 396 g/mol. The van der Waals surface area contributed by atoms with Crippen LogP contribution in [0.5, 0.6) is 0 Å². The van der Waals surface area contributed by atoms with E-state index in [1.807, 2.05) is 61.3 Å². The van der Waals surface area contributed by atoms with Crippen LogP contribution in [0.1, 0.15) is 19.4 Å². The van der Waals surface area contributed by atoms with Crippen molar-refractivity contribution in [1.29, 1.82) is 0 Å². The van der Waals surface area contributed by atoms with Gasteiger partial charge in [-0.1, -0.05) is 42.5 Å². The molecule has 0 aromatic heterocycles. The maximum absolute atomic E-state index is 13.4. The Morgan fingerprint density at radius 2 is 2.03 bits per heavy atom. The van der Waals surface area contributed by atoms with Gasteiger partial charge >= 0.3 is 6.03 Å². The highest BCUT2D eigenvalue weighted by molar-refractivity contribution is 6.01. The van der Waals surface area contributed by atoms with Gasteiger partial charge in [-0.15, -0.1) is 0 Å². The van der Waals surface area contributed by atoms with Crippen LogP contribution in [0.3, 0.4) is 0 Å². The first-order valence-electron chi connectivity index (χ1n) is 10.7. The Morgan fingerprint density at radius 1 is 1.26 bits per heavy atom. The number of rotatable bonds is 7. The normalized spacial score (nSPS) is 26.5. The van der Waals surface area contributed by atoms with E-state index in [2.05, 4.69) is 15.3 Å². The second-order valence-corrected chi connectivity index (χ2v) is 7.95. The molecule has 0 bridgehead atoms. The molecule has 9 nitrogen and oxygen atoms in total. The van der Waals surface area contributed by atoms with E-state index in [9.17, 15) is 9.59 Å². The van der Waals surface area contributed by atoms with Gasteiger partial charge < -0.3 is 9.64 Å². The van der Waals surface area contributed by atoms with Crippen molar-refractivity contribution in [3.8, 4) is 0 Å². The van der Waals surface area contributed by atoms with E-state index in [1.54, 1.807) is 11.9 Å². The molecule has 3 heterocycles. The Balaban J connectivity index is 1.51. The second kappa shape index (κ2) is 9.17. The zero-order chi connectivity index (χ0) is 22.0. The Morgan fingerprint density at radius 3 is 2.77 bits per heavy atom. The highest BCUT2D eigenvalue weighted by atomic mass is 16.5. The van der Waals surface area contributed by atoms with Crippen LogP contribution in [0.4, 0.5) is 4.79 Å². The van der Waals surface area contributed by atoms with Gasteiger partial charge in [-0.3, -0.25) is 20.0 Å². The fourth-order valence-corrected chi connectivity index (χ4v) is 4.35. The van der Waals surface area contributed by atoms with Crippen molar-refractivity contribution >= 4 is 23.7 Å². The van der Waals surface area contributed by atoms with Crippen LogP contribution >= 0.6 is 0 Å². The van der Waals surface area contributed by atoms with E-state index < -0.39 is 12.2 Å². The quantitative estimate of drug-likeness (QED) is 0.660. The molecule has 3 atom stereocenters. The summed E-state index contributed by atoms with van der Waals surface area (Å²) in [6, 6.07) is 9.07. The summed E-state index contributed by atoms with van der Waals surface area (Å²) in [5, 5.41) is 10.0. The molecule has 3 aliphatic heterocycles. The van der Waals surface area contributed by atoms with Gasteiger partial charge in [0.1, 0.15) is 12.2 Å². The molecule has 9 heteroatoms. The first-order valence-corrected chi connectivity index (χ1v) is 10.7. The Kier molecular flexibility index (Phi) is 6.35. The molecule has 1 aromatic rings. The summed E-state index contributed by atoms with van der Waals surface area (Å²) in [6.07, 6.45) is 3.14. The lowest BCUT2D eigenvalue weighted by molar-refractivity contribution is -0.138. The van der Waals surface area contributed by atoms with Gasteiger partial charge in [0, 0.05) is 32.5 Å². The van der Waals surface area contributed by atoms with Crippen molar-refractivity contribution in [3.05, 3.63) is 42.0 Å². The van der Waals surface area contributed by atoms with Crippen molar-refractivity contribution in [2.75, 3.05) is 39.9 Å². The Labute approximate surface area is 182 Å². The van der Waals surface area contributed by atoms with Gasteiger partial charge in [0.2, 0.25) is 0 Å². The minimum absolute atomic E-state index is 0.180. The number of carbonyl (C=O) groups is 2. The zero-order valence-electron chi connectivity index (χ0n) is 18.3. The zero-order valence-corrected chi connectivity index (χ0v) is 18.3. The lowest BCUT2D eigenvalue weighted by Gasteiger charge is -2.42. The number of hydrazone groups is 1. The van der Waals surface area contributed by atoms with Crippen molar-refractivity contribution in [2.45, 2.75) is 32.3 Å². The fraction of sp³-hybridized carbons (Fsp3) is 0.500. The number of likely N-dealkylation sites (N-methyl/N-ethyl adjacent to an activating group) is 1. The average Bonchev–Trinajstić information content (AvgIpc) is 3.15. The molecule has 166 valence electrons. The van der Waals surface area contributed by atoms with E-state index in [-0.39, 0.29) is 24.8 Å². The van der Waals surface area contributed by atoms with Gasteiger partial charge in [0.05, 0.1) is 13.2 Å². The van der Waals surface area contributed by atoms with E-state index in [0.717, 1.165) is 11.3 Å². The van der Waals surface area contributed by atoms with Crippen LogP contribution in [-0.2, 0) is 9.53 Å². The minimum atomic E-state index is -0.460. The summed E-state index contributed by atoms with van der Waals surface area (Å²) in [6.45, 7) is 6.52. The molecule has 1 aromatic carbocycles. The second-order valence-electron chi connectivity index (χ2n) is 7.95. The van der Waals surface area contributed by atoms with Crippen molar-refractivity contribution in [2.24, 2.45) is 5.10 Å². The van der Waals surface area contributed by atoms with Crippen molar-refractivity contribution in [1.82, 2.24) is 25.0 Å². The molecule has 1 N–H and O–H groups in total. The molecule has 0 saturated carbocycles. The Hall–Kier alpha value is -2.75. The number of imide groups is 1. The third-order valence-electron chi connectivity index (χ3n) is 5.82. The number of ether oxygens (including phenoxy) is 1. The van der Waals surface area contributed by atoms with Crippen LogP contribution < -0.4 is 5.32 Å². The third-order valence-corrected chi connectivity index (χ3v) is 5.82. The average molecular weight is 427 g/mol. The summed E-state index contributed by atoms with van der Waals surface area (Å²) in [5.74, 6) is -0.180. The maximum atomic E-state index is 13.4. The molecule has 3 unspecified atom stereocenters. The van der Waals surface area contributed by atoms with Crippen LogP contribution in [0.25, 0.3) is 6.08 Å². The van der Waals surface area contributed by atoms with Crippen LogP contribution in [0.2, 0.25) is 0 Å². The third kappa shape index (κ3) is 4.21. The molecular formula is C22H30N6O3. The smallest absolute Gasteiger partial charge is 0.328 e. The van der Waals surface area contributed by atoms with Gasteiger partial charge in [-0.05, 0) is 19.4 Å². The molecule has 4 rings (SSSR count). The number of amides is 3. The maximum Gasteiger partial charge on any atom is 0.328 e. The standard InChI is InChI=1S/C22H30N6O3/c1-4-31-14-13-28-21-23-19-18(27(21)15-16(2)24-28)20(29)26(22(30)25(19)3)12-8-11-17-9-6-5-7-10-17/h5-11,18-19,21,23H,4,12-15H2,1-3H3/b11-8+. The van der Waals surface area contributed by atoms with E-state index >= 15 is 0 Å². The number of nitrogens with one attached hydrogen (secondary N) is 1. The summed E-state index contributed by atoms with van der Waals surface area (Å²) in [7, 11) is 1.74. The molecule has 0 radical (unpaired) electrons. The van der Waals surface area contributed by atoms with Crippen LogP contribution in [-0.4, -0.2) is 95.8 Å². The van der Waals surface area contributed by atoms with Gasteiger partial charge in [-0.25, -0.2) is 9.69 Å². The predicted octanol–water partition coefficient (Wildman–Crippen LogP) is 1.21.